The van der Waals surface area contributed by atoms with Crippen molar-refractivity contribution in [3.63, 3.8) is 0 Å². The molecule has 69 heavy (non-hydrogen) atoms. The van der Waals surface area contributed by atoms with Crippen molar-refractivity contribution in [3.8, 4) is 0 Å². The number of hydrogen-bond donors (Lipinski definition) is 5. The van der Waals surface area contributed by atoms with E-state index in [0.717, 1.165) is 28.5 Å². The van der Waals surface area contributed by atoms with Gasteiger partial charge in [0.25, 0.3) is 0 Å². The normalized spacial score (nSPS) is 11.3. The molecular weight excluding hydrogens is 1040 g/mol. The molecule has 27 heteroatoms. The van der Waals surface area contributed by atoms with Gasteiger partial charge in [-0.2, -0.15) is 8.42 Å². The van der Waals surface area contributed by atoms with E-state index < -0.39 is 57.2 Å². The van der Waals surface area contributed by atoms with Gasteiger partial charge in [0.15, 0.2) is 16.9 Å². The van der Waals surface area contributed by atoms with Crippen LogP contribution in [0, 0.1) is 10.8 Å². The number of aliphatic hydroxyl groups is 2. The molecule has 3 radical (unpaired) electrons. The molecule has 392 valence electrons. The summed E-state index contributed by atoms with van der Waals surface area (Å²) in [6.45, 7) is 31.0. The summed E-state index contributed by atoms with van der Waals surface area (Å²) in [5.74, 6) is -1.93. The van der Waals surface area contributed by atoms with E-state index in [2.05, 4.69) is 107 Å². The third-order valence-corrected chi connectivity index (χ3v) is 8.14. The Morgan fingerprint density at radius 1 is 0.710 bits per heavy atom. The van der Waals surface area contributed by atoms with Crippen LogP contribution < -0.4 is 18.9 Å². The van der Waals surface area contributed by atoms with Gasteiger partial charge >= 0.3 is 67.5 Å². The van der Waals surface area contributed by atoms with E-state index in [1.807, 2.05) is 20.8 Å². The van der Waals surface area contributed by atoms with Gasteiger partial charge in [0.2, 0.25) is 0 Å². The Kier molecular flexibility index (Phi) is 40.9. The van der Waals surface area contributed by atoms with Gasteiger partial charge in [-0.3, -0.25) is 14.4 Å². The zero-order valence-corrected chi connectivity index (χ0v) is 48.7. The number of Topliss-reactive ketones (excluding diaryl/α,β-unsaturated/α-hetero) is 2. The van der Waals surface area contributed by atoms with Gasteiger partial charge < -0.3 is 40.8 Å². The van der Waals surface area contributed by atoms with Crippen LogP contribution in [0.2, 0.25) is 0 Å². The van der Waals surface area contributed by atoms with Crippen LogP contribution in [-0.4, -0.2) is 122 Å². The number of imidazole rings is 3. The number of ketones is 2. The maximum atomic E-state index is 11.3. The first-order valence-electron chi connectivity index (χ1n) is 20.0. The number of alkyl halides is 1. The van der Waals surface area contributed by atoms with E-state index in [9.17, 15) is 24.0 Å². The van der Waals surface area contributed by atoms with Crippen molar-refractivity contribution < 1.29 is 99.6 Å². The molecule has 0 aliphatic rings. The third-order valence-electron chi connectivity index (χ3n) is 7.77. The number of hydrogen-bond acceptors (Lipinski definition) is 17. The first-order chi connectivity index (χ1) is 30.2. The van der Waals surface area contributed by atoms with Crippen molar-refractivity contribution in [2.45, 2.75) is 152 Å². The number of aromatic amines is 3. The minimum absolute atomic E-state index is 0. The van der Waals surface area contributed by atoms with E-state index in [0.29, 0.717) is 12.3 Å². The predicted octanol–water partition coefficient (Wildman–Crippen LogP) is 4.03. The van der Waals surface area contributed by atoms with Crippen LogP contribution in [0.15, 0.2) is 19.0 Å². The molecule has 0 saturated carbocycles. The van der Waals surface area contributed by atoms with Crippen molar-refractivity contribution in [1.29, 1.82) is 0 Å². The van der Waals surface area contributed by atoms with Gasteiger partial charge in [0, 0.05) is 65.8 Å². The van der Waals surface area contributed by atoms with Gasteiger partial charge in [0.05, 0.1) is 81.5 Å². The van der Waals surface area contributed by atoms with Gasteiger partial charge in [-0.15, -0.1) is 11.6 Å². The molecule has 0 saturated heterocycles. The second-order valence-corrected chi connectivity index (χ2v) is 23.0. The Hall–Kier alpha value is -2.63. The Morgan fingerprint density at radius 2 is 1.07 bits per heavy atom. The molecule has 0 aromatic carbocycles. The van der Waals surface area contributed by atoms with Crippen molar-refractivity contribution in [3.05, 3.63) is 53.1 Å². The number of aromatic nitrogens is 6. The first kappa shape index (κ1) is 77.8. The molecule has 20 nitrogen and oxygen atoms in total. The molecule has 1 atom stereocenters. The van der Waals surface area contributed by atoms with Gasteiger partial charge in [0.1, 0.15) is 12.2 Å². The molecule has 3 rings (SSSR count). The Labute approximate surface area is 451 Å². The zero-order chi connectivity index (χ0) is 53.9. The number of ether oxygens (including phenoxy) is 3. The van der Waals surface area contributed by atoms with Gasteiger partial charge in [-0.25, -0.2) is 24.5 Å². The Morgan fingerprint density at radius 3 is 1.32 bits per heavy atom. The quantitative estimate of drug-likeness (QED) is 0.0531. The molecule has 0 spiro atoms. The summed E-state index contributed by atoms with van der Waals surface area (Å²) in [4.78, 5) is 76.5. The number of nitrogens with zero attached hydrogens (tertiary/aromatic N) is 3. The van der Waals surface area contributed by atoms with Crippen molar-refractivity contribution >= 4 is 88.1 Å². The number of carbonyl (C=O) groups is 5. The van der Waals surface area contributed by atoms with Crippen LogP contribution in [0.4, 0.5) is 0 Å². The van der Waals surface area contributed by atoms with Crippen LogP contribution in [0.1, 0.15) is 158 Å². The number of carbonyl (C=O) groups excluding carboxylic acids is 5. The van der Waals surface area contributed by atoms with Crippen molar-refractivity contribution in [2.24, 2.45) is 10.8 Å². The summed E-state index contributed by atoms with van der Waals surface area (Å²) in [6, 6.07) is 0. The fourth-order valence-corrected chi connectivity index (χ4v) is 4.91. The molecular formula is C42H72AlCl3LiMnN6O14S. The molecule has 0 fully saturated rings. The summed E-state index contributed by atoms with van der Waals surface area (Å²) in [5.41, 5.74) is 3.54. The van der Waals surface area contributed by atoms with Crippen LogP contribution in [0.25, 0.3) is 0 Å². The molecule has 0 aliphatic heterocycles. The van der Waals surface area contributed by atoms with E-state index in [1.54, 1.807) is 61.1 Å². The van der Waals surface area contributed by atoms with E-state index in [-0.39, 0.29) is 85.1 Å². The summed E-state index contributed by atoms with van der Waals surface area (Å²) >= 11 is 4.10. The van der Waals surface area contributed by atoms with E-state index >= 15 is 0 Å². The summed E-state index contributed by atoms with van der Waals surface area (Å²) in [6.07, 6.45) is 4.63. The average molecular weight is 1110 g/mol. The average Bonchev–Trinajstić information content (AvgIpc) is 3.98. The SMILES string of the molecule is CC(C)(C)c1nc[nH]c1CO.CC(C)(C)c1nc[nH]c1CO.CCOC(=O)CC(=O)C(C)(C)C.COC(=O)C(Cl)C(=O)C(C)(C)C.COC(=O)c1nc[nH]c1C(C)(C)C.O=S(=O)(Cl)Cl.[Al].[H-].[Li+].[O]=[Mn]=[O]. The second-order valence-electron chi connectivity index (χ2n) is 18.7. The summed E-state index contributed by atoms with van der Waals surface area (Å²) in [5, 5.41) is 16.6. The molecule has 3 aromatic rings. The predicted molar refractivity (Wildman–Crippen MR) is 256 cm³/mol. The summed E-state index contributed by atoms with van der Waals surface area (Å²) in [7, 11) is 7.37. The number of rotatable bonds is 8. The van der Waals surface area contributed by atoms with E-state index in [4.69, 9.17) is 37.9 Å². The number of esters is 3. The monoisotopic (exact) mass is 1110 g/mol. The fraction of sp³-hybridized carbons (Fsp3) is 0.667. The Bertz CT molecular complexity index is 2060. The molecule has 0 aliphatic carbocycles. The molecule has 0 bridgehead atoms. The number of methoxy groups -OCH3 is 2. The molecule has 1 unspecified atom stereocenters. The van der Waals surface area contributed by atoms with Gasteiger partial charge in [-0.05, 0) is 6.92 Å². The van der Waals surface area contributed by atoms with Crippen LogP contribution in [0.3, 0.4) is 0 Å². The second kappa shape index (κ2) is 36.3. The first-order valence-corrected chi connectivity index (χ1v) is 24.6. The molecule has 3 heterocycles. The number of halogens is 3. The van der Waals surface area contributed by atoms with Crippen LogP contribution >= 0.6 is 33.0 Å². The fourth-order valence-electron chi connectivity index (χ4n) is 4.49. The molecule has 5 N–H and O–H groups in total. The van der Waals surface area contributed by atoms with Crippen molar-refractivity contribution in [2.75, 3.05) is 20.8 Å². The van der Waals surface area contributed by atoms with E-state index in [1.165, 1.54) is 20.5 Å². The zero-order valence-electron chi connectivity index (χ0n) is 44.3. The molecule has 0 amide bonds. The number of H-pyrrole nitrogens is 3. The molecule has 3 aromatic heterocycles. The number of nitrogens with one attached hydrogen (secondary N) is 3. The Balaban J connectivity index is -0.000000135. The topological polar surface area (TPSA) is 308 Å². The van der Waals surface area contributed by atoms with Crippen LogP contribution in [-0.2, 0) is 93.6 Å². The van der Waals surface area contributed by atoms with Crippen LogP contribution in [0.5, 0.6) is 0 Å². The number of aliphatic hydroxyl groups excluding tert-OH is 2. The maximum absolute atomic E-state index is 11.3. The third kappa shape index (κ3) is 36.9. The summed E-state index contributed by atoms with van der Waals surface area (Å²) < 4.78 is 48.7. The van der Waals surface area contributed by atoms with Crippen molar-refractivity contribution in [1.82, 2.24) is 29.9 Å². The van der Waals surface area contributed by atoms with Gasteiger partial charge in [-0.1, -0.05) is 104 Å². The minimum atomic E-state index is -3.72. The standard InChI is InChI=1S/C9H14N2O2.C9H16O3.C8H13ClO3.2C8H14N2O.Al.Cl2O2S.Li.Mn.2O.H/c1-9(2,3)7-6(8(12)13-4)10-5-11-7;1-5-12-8(11)6-7(10)9(2,3)4;1-8(2,3)6(10)5(9)7(11)12-4;2*1-8(2,3)7-6(4-11)9-5-10-7;;1-5(2,3)4;;;;;/h5H,1-4H3,(H,10,11);5-6H2,1-4H3;5H,1-4H3;2*5,11H,4H2,1-3H3,(H,9,10);;;;;;;/q;;;;;;;+1;;;;-1.